The molecule has 2 heterocycles. The maximum atomic E-state index is 13.2. The van der Waals surface area contributed by atoms with Gasteiger partial charge in [-0.25, -0.2) is 0 Å². The van der Waals surface area contributed by atoms with E-state index in [9.17, 15) is 9.59 Å². The van der Waals surface area contributed by atoms with Gasteiger partial charge >= 0.3 is 0 Å². The minimum atomic E-state index is -0.852. The van der Waals surface area contributed by atoms with E-state index in [2.05, 4.69) is 11.9 Å². The zero-order valence-corrected chi connectivity index (χ0v) is 20.5. The molecule has 0 unspecified atom stereocenters. The number of piperidine rings is 1. The number of rotatable bonds is 7. The first-order valence-corrected chi connectivity index (χ1v) is 11.7. The molecule has 1 aromatic carbocycles. The molecule has 0 aliphatic carbocycles. The van der Waals surface area contributed by atoms with Gasteiger partial charge in [0.2, 0.25) is 5.91 Å². The summed E-state index contributed by atoms with van der Waals surface area (Å²) >= 11 is 5.99. The summed E-state index contributed by atoms with van der Waals surface area (Å²) in [5.41, 5.74) is -1.16. The van der Waals surface area contributed by atoms with Gasteiger partial charge in [-0.15, -0.1) is 0 Å². The topological polar surface area (TPSA) is 62.3 Å². The predicted molar refractivity (Wildman–Crippen MR) is 125 cm³/mol. The van der Waals surface area contributed by atoms with Crippen LogP contribution >= 0.6 is 11.6 Å². The van der Waals surface area contributed by atoms with Gasteiger partial charge in [0.25, 0.3) is 5.91 Å². The Morgan fingerprint density at radius 3 is 2.16 bits per heavy atom. The summed E-state index contributed by atoms with van der Waals surface area (Å²) in [6.07, 6.45) is 1.86. The van der Waals surface area contributed by atoms with E-state index in [0.717, 1.165) is 31.9 Å². The summed E-state index contributed by atoms with van der Waals surface area (Å²) in [5.74, 6) is 0.896. The third-order valence-electron chi connectivity index (χ3n) is 6.88. The van der Waals surface area contributed by atoms with E-state index in [1.165, 1.54) is 0 Å². The van der Waals surface area contributed by atoms with Crippen LogP contribution in [-0.2, 0) is 14.3 Å². The van der Waals surface area contributed by atoms with Crippen LogP contribution in [0.25, 0.3) is 0 Å². The Kier molecular flexibility index (Phi) is 8.06. The largest absolute Gasteiger partial charge is 0.493 e. The molecule has 0 N–H and O–H groups in total. The van der Waals surface area contributed by atoms with Gasteiger partial charge in [-0.05, 0) is 58.0 Å². The molecule has 0 aromatic heterocycles. The Hall–Kier alpha value is -1.83. The number of hydrogen-bond acceptors (Lipinski definition) is 5. The van der Waals surface area contributed by atoms with E-state index in [0.29, 0.717) is 44.0 Å². The number of carbonyl (C=O) groups excluding carboxylic acids is 2. The van der Waals surface area contributed by atoms with Crippen LogP contribution in [-0.4, -0.2) is 92.1 Å². The maximum Gasteiger partial charge on any atom is 0.254 e. The Labute approximate surface area is 196 Å². The summed E-state index contributed by atoms with van der Waals surface area (Å²) in [6.45, 7) is 8.51. The highest BCUT2D eigenvalue weighted by atomic mass is 35.5. The number of nitrogens with zero attached hydrogens (tertiary/aromatic N) is 3. The number of carbonyl (C=O) groups is 2. The molecular formula is C24H36ClN3O4. The Morgan fingerprint density at radius 2 is 1.59 bits per heavy atom. The summed E-state index contributed by atoms with van der Waals surface area (Å²) in [6, 6.07) is 7.29. The molecule has 0 spiro atoms. The summed E-state index contributed by atoms with van der Waals surface area (Å²) in [7, 11) is 3.64. The first-order valence-electron chi connectivity index (χ1n) is 11.3. The van der Waals surface area contributed by atoms with Crippen LogP contribution in [0.5, 0.6) is 5.75 Å². The van der Waals surface area contributed by atoms with Gasteiger partial charge in [0.05, 0.1) is 6.61 Å². The van der Waals surface area contributed by atoms with E-state index in [1.54, 1.807) is 33.1 Å². The molecule has 2 fully saturated rings. The number of likely N-dealkylation sites (N-methyl/N-ethyl adjacent to an activating group) is 1. The fourth-order valence-corrected chi connectivity index (χ4v) is 4.41. The van der Waals surface area contributed by atoms with E-state index < -0.39 is 5.60 Å². The molecule has 0 saturated carbocycles. The molecule has 7 nitrogen and oxygen atoms in total. The smallest absolute Gasteiger partial charge is 0.254 e. The summed E-state index contributed by atoms with van der Waals surface area (Å²) in [5, 5.41) is 0.657. The number of amides is 2. The molecular weight excluding hydrogens is 430 g/mol. The van der Waals surface area contributed by atoms with Crippen LogP contribution in [0.4, 0.5) is 0 Å². The third-order valence-corrected chi connectivity index (χ3v) is 7.13. The number of likely N-dealkylation sites (tertiary alicyclic amines) is 1. The SMILES string of the molecule is COC(C)(C)C(=O)N1CCC(COc2ccc(Cl)cc2)(CC(=O)N2CCN(C)CC2)CC1. The molecule has 0 radical (unpaired) electrons. The predicted octanol–water partition coefficient (Wildman–Crippen LogP) is 2.92. The summed E-state index contributed by atoms with van der Waals surface area (Å²) in [4.78, 5) is 32.1. The molecule has 2 aliphatic rings. The zero-order valence-electron chi connectivity index (χ0n) is 19.7. The number of methoxy groups -OCH3 is 1. The van der Waals surface area contributed by atoms with Gasteiger partial charge in [0, 0.05) is 63.2 Å². The highest BCUT2D eigenvalue weighted by Crippen LogP contribution is 2.37. The van der Waals surface area contributed by atoms with Gasteiger partial charge in [-0.1, -0.05) is 11.6 Å². The maximum absolute atomic E-state index is 13.2. The number of piperazine rings is 1. The second-order valence-corrected chi connectivity index (χ2v) is 10.0. The average molecular weight is 466 g/mol. The van der Waals surface area contributed by atoms with E-state index in [4.69, 9.17) is 21.1 Å². The first kappa shape index (κ1) is 24.8. The van der Waals surface area contributed by atoms with Crippen molar-refractivity contribution >= 4 is 23.4 Å². The molecule has 3 rings (SSSR count). The van der Waals surface area contributed by atoms with Crippen molar-refractivity contribution in [2.75, 3.05) is 60.0 Å². The lowest BCUT2D eigenvalue weighted by Crippen LogP contribution is -2.54. The quantitative estimate of drug-likeness (QED) is 0.619. The molecule has 0 bridgehead atoms. The third kappa shape index (κ3) is 6.15. The Morgan fingerprint density at radius 1 is 1.00 bits per heavy atom. The number of hydrogen-bond donors (Lipinski definition) is 0. The summed E-state index contributed by atoms with van der Waals surface area (Å²) < 4.78 is 11.5. The van der Waals surface area contributed by atoms with Crippen LogP contribution < -0.4 is 4.74 Å². The van der Waals surface area contributed by atoms with Crippen molar-refractivity contribution in [3.05, 3.63) is 29.3 Å². The van der Waals surface area contributed by atoms with Crippen molar-refractivity contribution < 1.29 is 19.1 Å². The fourth-order valence-electron chi connectivity index (χ4n) is 4.28. The van der Waals surface area contributed by atoms with Crippen LogP contribution in [0.1, 0.15) is 33.1 Å². The molecule has 1 aromatic rings. The lowest BCUT2D eigenvalue weighted by Gasteiger charge is -2.44. The minimum Gasteiger partial charge on any atom is -0.493 e. The minimum absolute atomic E-state index is 0.0161. The second kappa shape index (κ2) is 10.4. The van der Waals surface area contributed by atoms with Gasteiger partial charge in [-0.3, -0.25) is 9.59 Å². The first-order chi connectivity index (χ1) is 15.1. The van der Waals surface area contributed by atoms with E-state index in [1.807, 2.05) is 21.9 Å². The monoisotopic (exact) mass is 465 g/mol. The van der Waals surface area contributed by atoms with Crippen molar-refractivity contribution in [1.29, 1.82) is 0 Å². The second-order valence-electron chi connectivity index (χ2n) is 9.61. The van der Waals surface area contributed by atoms with Gasteiger partial charge < -0.3 is 24.2 Å². The van der Waals surface area contributed by atoms with Crippen molar-refractivity contribution in [3.63, 3.8) is 0 Å². The normalized spacial score (nSPS) is 19.7. The van der Waals surface area contributed by atoms with Crippen LogP contribution in [0.3, 0.4) is 0 Å². The standard InChI is InChI=1S/C24H36ClN3O4/c1-23(2,31-4)22(30)28-11-9-24(10-12-28,18-32-20-7-5-19(25)6-8-20)17-21(29)27-15-13-26(3)14-16-27/h5-8H,9-18H2,1-4H3. The Bertz CT molecular complexity index is 783. The fraction of sp³-hybridized carbons (Fsp3) is 0.667. The Balaban J connectivity index is 1.69. The lowest BCUT2D eigenvalue weighted by atomic mass is 9.75. The molecule has 0 atom stereocenters. The molecule has 2 amide bonds. The van der Waals surface area contributed by atoms with Gasteiger partial charge in [0.15, 0.2) is 0 Å². The molecule has 2 saturated heterocycles. The molecule has 8 heteroatoms. The lowest BCUT2D eigenvalue weighted by molar-refractivity contribution is -0.154. The van der Waals surface area contributed by atoms with Crippen molar-refractivity contribution in [3.8, 4) is 5.75 Å². The van der Waals surface area contributed by atoms with E-state index in [-0.39, 0.29) is 17.2 Å². The zero-order chi connectivity index (χ0) is 23.4. The van der Waals surface area contributed by atoms with Crippen molar-refractivity contribution in [1.82, 2.24) is 14.7 Å². The molecule has 2 aliphatic heterocycles. The van der Waals surface area contributed by atoms with E-state index >= 15 is 0 Å². The van der Waals surface area contributed by atoms with Crippen molar-refractivity contribution in [2.45, 2.75) is 38.7 Å². The number of halogens is 1. The molecule has 32 heavy (non-hydrogen) atoms. The van der Waals surface area contributed by atoms with Crippen LogP contribution in [0.15, 0.2) is 24.3 Å². The van der Waals surface area contributed by atoms with Gasteiger partial charge in [0.1, 0.15) is 11.4 Å². The van der Waals surface area contributed by atoms with Crippen LogP contribution in [0.2, 0.25) is 5.02 Å². The highest BCUT2D eigenvalue weighted by molar-refractivity contribution is 6.30. The van der Waals surface area contributed by atoms with Gasteiger partial charge in [-0.2, -0.15) is 0 Å². The number of benzene rings is 1. The number of ether oxygens (including phenoxy) is 2. The molecule has 178 valence electrons. The average Bonchev–Trinajstić information content (AvgIpc) is 2.79. The van der Waals surface area contributed by atoms with Crippen LogP contribution in [0, 0.1) is 5.41 Å². The van der Waals surface area contributed by atoms with Crippen molar-refractivity contribution in [2.24, 2.45) is 5.41 Å². The highest BCUT2D eigenvalue weighted by Gasteiger charge is 2.42.